The summed E-state index contributed by atoms with van der Waals surface area (Å²) >= 11 is 0. The minimum atomic E-state index is -1.00. The molecule has 7 heteroatoms. The number of hydrogen-bond donors (Lipinski definition) is 2. The Morgan fingerprint density at radius 2 is 2.09 bits per heavy atom. The highest BCUT2D eigenvalue weighted by Crippen LogP contribution is 2.30. The highest BCUT2D eigenvalue weighted by molar-refractivity contribution is 5.97. The van der Waals surface area contributed by atoms with E-state index in [1.807, 2.05) is 6.07 Å². The second-order valence-electron chi connectivity index (χ2n) is 5.01. The summed E-state index contributed by atoms with van der Waals surface area (Å²) < 4.78 is 4.86. The molecule has 7 nitrogen and oxygen atoms in total. The molecule has 1 aliphatic rings. The zero-order valence-corrected chi connectivity index (χ0v) is 12.3. The van der Waals surface area contributed by atoms with Gasteiger partial charge in [0.1, 0.15) is 6.61 Å². The summed E-state index contributed by atoms with van der Waals surface area (Å²) in [5.74, 6) is -1.44. The number of aliphatic carboxylic acids is 1. The molecular formula is C15H18N2O5. The fourth-order valence-electron chi connectivity index (χ4n) is 2.38. The quantitative estimate of drug-likeness (QED) is 0.818. The van der Waals surface area contributed by atoms with E-state index >= 15 is 0 Å². The van der Waals surface area contributed by atoms with Crippen molar-refractivity contribution in [2.75, 3.05) is 30.5 Å². The smallest absolute Gasteiger partial charge is 0.303 e. The van der Waals surface area contributed by atoms with Crippen molar-refractivity contribution in [3.8, 4) is 0 Å². The number of methoxy groups -OCH3 is 1. The van der Waals surface area contributed by atoms with Crippen LogP contribution in [0.25, 0.3) is 0 Å². The molecule has 2 N–H and O–H groups in total. The number of carbonyl (C=O) groups is 3. The second kappa shape index (κ2) is 7.04. The minimum Gasteiger partial charge on any atom is -0.481 e. The lowest BCUT2D eigenvalue weighted by molar-refractivity contribution is -0.138. The zero-order chi connectivity index (χ0) is 16.1. The topological polar surface area (TPSA) is 95.9 Å². The lowest BCUT2D eigenvalue weighted by Gasteiger charge is -2.17. The van der Waals surface area contributed by atoms with Crippen molar-refractivity contribution in [1.82, 2.24) is 0 Å². The molecule has 0 radical (unpaired) electrons. The Morgan fingerprint density at radius 1 is 1.32 bits per heavy atom. The number of anilines is 2. The molecule has 22 heavy (non-hydrogen) atoms. The van der Waals surface area contributed by atoms with E-state index in [2.05, 4.69) is 5.32 Å². The van der Waals surface area contributed by atoms with Gasteiger partial charge in [0, 0.05) is 31.5 Å². The molecule has 0 bridgehead atoms. The van der Waals surface area contributed by atoms with Crippen molar-refractivity contribution in [3.05, 3.63) is 23.8 Å². The summed E-state index contributed by atoms with van der Waals surface area (Å²) in [4.78, 5) is 35.6. The van der Waals surface area contributed by atoms with E-state index in [0.717, 1.165) is 11.3 Å². The number of rotatable bonds is 6. The van der Waals surface area contributed by atoms with Crippen LogP contribution in [0.3, 0.4) is 0 Å². The third-order valence-electron chi connectivity index (χ3n) is 3.39. The van der Waals surface area contributed by atoms with Crippen molar-refractivity contribution in [1.29, 1.82) is 0 Å². The first-order valence-electron chi connectivity index (χ1n) is 6.95. The first-order chi connectivity index (χ1) is 10.5. The average Bonchev–Trinajstić information content (AvgIpc) is 2.88. The fourth-order valence-corrected chi connectivity index (χ4v) is 2.38. The van der Waals surface area contributed by atoms with Gasteiger partial charge in [0.2, 0.25) is 5.91 Å². The van der Waals surface area contributed by atoms with Gasteiger partial charge in [-0.15, -0.1) is 0 Å². The molecule has 2 amide bonds. The monoisotopic (exact) mass is 306 g/mol. The predicted octanol–water partition coefficient (Wildman–Crippen LogP) is 1.03. The minimum absolute atomic E-state index is 0.0348. The molecule has 1 aromatic rings. The number of fused-ring (bicyclic) bond motifs is 1. The van der Waals surface area contributed by atoms with Gasteiger partial charge in [-0.2, -0.15) is 0 Å². The maximum absolute atomic E-state index is 11.9. The van der Waals surface area contributed by atoms with Crippen LogP contribution < -0.4 is 10.2 Å². The van der Waals surface area contributed by atoms with E-state index in [-0.39, 0.29) is 31.3 Å². The third kappa shape index (κ3) is 3.82. The van der Waals surface area contributed by atoms with Gasteiger partial charge in [0.15, 0.2) is 0 Å². The lowest BCUT2D eigenvalue weighted by atomic mass is 10.1. The van der Waals surface area contributed by atoms with E-state index in [4.69, 9.17) is 9.84 Å². The van der Waals surface area contributed by atoms with Crippen molar-refractivity contribution >= 4 is 29.2 Å². The molecule has 0 unspecified atom stereocenters. The summed E-state index contributed by atoms with van der Waals surface area (Å²) in [5, 5.41) is 11.2. The van der Waals surface area contributed by atoms with Gasteiger partial charge >= 0.3 is 5.97 Å². The normalized spacial score (nSPS) is 12.9. The van der Waals surface area contributed by atoms with Crippen molar-refractivity contribution in [2.45, 2.75) is 19.3 Å². The summed E-state index contributed by atoms with van der Waals surface area (Å²) in [6, 6.07) is 5.30. The number of amides is 2. The third-order valence-corrected chi connectivity index (χ3v) is 3.39. The Labute approximate surface area is 127 Å². The molecule has 118 valence electrons. The largest absolute Gasteiger partial charge is 0.481 e. The van der Waals surface area contributed by atoms with Gasteiger partial charge in [-0.1, -0.05) is 0 Å². The molecule has 2 rings (SSSR count). The van der Waals surface area contributed by atoms with Crippen LogP contribution in [0.15, 0.2) is 18.2 Å². The van der Waals surface area contributed by atoms with Crippen molar-refractivity contribution < 1.29 is 24.2 Å². The summed E-state index contributed by atoms with van der Waals surface area (Å²) in [6.45, 7) is 0.626. The first-order valence-corrected chi connectivity index (χ1v) is 6.95. The average molecular weight is 306 g/mol. The lowest BCUT2D eigenvalue weighted by Crippen LogP contribution is -2.31. The maximum Gasteiger partial charge on any atom is 0.303 e. The van der Waals surface area contributed by atoms with Gasteiger partial charge in [-0.05, 0) is 30.2 Å². The van der Waals surface area contributed by atoms with Crippen LogP contribution in [0.1, 0.15) is 18.4 Å². The molecule has 0 atom stereocenters. The van der Waals surface area contributed by atoms with E-state index in [0.29, 0.717) is 18.7 Å². The van der Waals surface area contributed by atoms with Crippen LogP contribution in [0.4, 0.5) is 11.4 Å². The standard InChI is InChI=1S/C15H18N2O5/c1-22-9-14(19)17-7-6-10-8-11(2-3-12(10)17)16-13(18)4-5-15(20)21/h2-3,8H,4-7,9H2,1H3,(H,16,18)(H,20,21). The van der Waals surface area contributed by atoms with Gasteiger partial charge < -0.3 is 20.1 Å². The molecule has 0 fully saturated rings. The van der Waals surface area contributed by atoms with E-state index in [9.17, 15) is 14.4 Å². The SMILES string of the molecule is COCC(=O)N1CCc2cc(NC(=O)CCC(=O)O)ccc21. The Morgan fingerprint density at radius 3 is 2.77 bits per heavy atom. The Hall–Kier alpha value is -2.41. The predicted molar refractivity (Wildman–Crippen MR) is 79.9 cm³/mol. The number of nitrogens with zero attached hydrogens (tertiary/aromatic N) is 1. The molecule has 1 heterocycles. The van der Waals surface area contributed by atoms with Crippen molar-refractivity contribution in [2.24, 2.45) is 0 Å². The fraction of sp³-hybridized carbons (Fsp3) is 0.400. The van der Waals surface area contributed by atoms with E-state index in [1.54, 1.807) is 17.0 Å². The van der Waals surface area contributed by atoms with Crippen LogP contribution in [0.2, 0.25) is 0 Å². The number of ether oxygens (including phenoxy) is 1. The number of carboxylic acids is 1. The summed E-state index contributed by atoms with van der Waals surface area (Å²) in [5.41, 5.74) is 2.40. The highest BCUT2D eigenvalue weighted by atomic mass is 16.5. The molecule has 0 saturated carbocycles. The van der Waals surface area contributed by atoms with Crippen LogP contribution in [-0.4, -0.2) is 43.2 Å². The Bertz CT molecular complexity index is 600. The van der Waals surface area contributed by atoms with Crippen LogP contribution in [0, 0.1) is 0 Å². The first kappa shape index (κ1) is 16.0. The molecule has 1 aliphatic heterocycles. The number of nitrogens with one attached hydrogen (secondary N) is 1. The number of hydrogen-bond acceptors (Lipinski definition) is 4. The molecule has 0 spiro atoms. The molecular weight excluding hydrogens is 288 g/mol. The highest BCUT2D eigenvalue weighted by Gasteiger charge is 2.24. The van der Waals surface area contributed by atoms with E-state index in [1.165, 1.54) is 7.11 Å². The number of carbonyl (C=O) groups excluding carboxylic acids is 2. The molecule has 1 aromatic carbocycles. The van der Waals surface area contributed by atoms with Gasteiger partial charge in [-0.25, -0.2) is 0 Å². The maximum atomic E-state index is 11.9. The summed E-state index contributed by atoms with van der Waals surface area (Å²) in [6.07, 6.45) is 0.449. The Kier molecular flexibility index (Phi) is 5.11. The van der Waals surface area contributed by atoms with Crippen LogP contribution in [0.5, 0.6) is 0 Å². The van der Waals surface area contributed by atoms with Gasteiger partial charge in [-0.3, -0.25) is 14.4 Å². The van der Waals surface area contributed by atoms with Gasteiger partial charge in [0.05, 0.1) is 6.42 Å². The Balaban J connectivity index is 2.02. The van der Waals surface area contributed by atoms with Gasteiger partial charge in [0.25, 0.3) is 5.91 Å². The summed E-state index contributed by atoms with van der Waals surface area (Å²) in [7, 11) is 1.48. The molecule has 0 aliphatic carbocycles. The molecule has 0 aromatic heterocycles. The second-order valence-corrected chi connectivity index (χ2v) is 5.01. The molecule has 0 saturated heterocycles. The van der Waals surface area contributed by atoms with Crippen LogP contribution >= 0.6 is 0 Å². The van der Waals surface area contributed by atoms with Crippen LogP contribution in [-0.2, 0) is 25.5 Å². The zero-order valence-electron chi connectivity index (χ0n) is 12.3. The van der Waals surface area contributed by atoms with Crippen molar-refractivity contribution in [3.63, 3.8) is 0 Å². The number of carboxylic acid groups (broad SMARTS) is 1. The van der Waals surface area contributed by atoms with E-state index < -0.39 is 5.97 Å². The number of benzene rings is 1.